The van der Waals surface area contributed by atoms with E-state index in [9.17, 15) is 18.6 Å². The van der Waals surface area contributed by atoms with Crippen LogP contribution in [0.15, 0.2) is 0 Å². The number of fused-ring (bicyclic) bond motifs is 5. The molecule has 4 saturated carbocycles. The van der Waals surface area contributed by atoms with E-state index in [2.05, 4.69) is 25.0 Å². The molecule has 31 heavy (non-hydrogen) atoms. The van der Waals surface area contributed by atoms with Gasteiger partial charge in [-0.05, 0) is 111 Å². The van der Waals surface area contributed by atoms with Crippen LogP contribution in [0.25, 0.3) is 0 Å². The van der Waals surface area contributed by atoms with Gasteiger partial charge in [-0.2, -0.15) is 8.42 Å². The average molecular weight is 459 g/mol. The molecule has 0 heterocycles. The molecule has 4 rings (SSSR count). The van der Waals surface area contributed by atoms with Gasteiger partial charge in [-0.3, -0.25) is 4.55 Å². The van der Waals surface area contributed by atoms with Crippen molar-refractivity contribution < 1.29 is 27.4 Å². The summed E-state index contributed by atoms with van der Waals surface area (Å²) in [7, 11) is -4.35. The Bertz CT molecular complexity index is 755. The minimum Gasteiger partial charge on any atom is -0.393 e. The molecule has 0 amide bonds. The molecule has 4 aliphatic rings. The zero-order chi connectivity index (χ0) is 22.6. The minimum absolute atomic E-state index is 0.0328. The van der Waals surface area contributed by atoms with Gasteiger partial charge in [0.2, 0.25) is 0 Å². The molecule has 0 aromatic heterocycles. The summed E-state index contributed by atoms with van der Waals surface area (Å²) in [4.78, 5) is 0. The van der Waals surface area contributed by atoms with Gasteiger partial charge in [0.05, 0.1) is 18.8 Å². The van der Waals surface area contributed by atoms with Crippen molar-refractivity contribution >= 4 is 10.4 Å². The van der Waals surface area contributed by atoms with E-state index in [1.165, 1.54) is 25.7 Å². The lowest BCUT2D eigenvalue weighted by Crippen LogP contribution is -2.58. The molecular formula is C24H42O6S. The van der Waals surface area contributed by atoms with E-state index in [-0.39, 0.29) is 29.6 Å². The molecular weight excluding hydrogens is 416 g/mol. The average Bonchev–Trinajstić information content (AvgIpc) is 3.03. The Kier molecular flexibility index (Phi) is 6.59. The second-order valence-electron chi connectivity index (χ2n) is 11.8. The number of aliphatic hydroxyl groups excluding tert-OH is 2. The molecule has 180 valence electrons. The molecule has 0 aromatic carbocycles. The van der Waals surface area contributed by atoms with E-state index in [0.717, 1.165) is 32.1 Å². The van der Waals surface area contributed by atoms with Crippen LogP contribution in [0.4, 0.5) is 0 Å². The van der Waals surface area contributed by atoms with Crippen LogP contribution in [0.3, 0.4) is 0 Å². The highest BCUT2D eigenvalue weighted by molar-refractivity contribution is 7.80. The topological polar surface area (TPSA) is 104 Å². The van der Waals surface area contributed by atoms with E-state index in [0.29, 0.717) is 41.9 Å². The second-order valence-corrected chi connectivity index (χ2v) is 12.9. The van der Waals surface area contributed by atoms with Crippen LogP contribution < -0.4 is 0 Å². The zero-order valence-corrected chi connectivity index (χ0v) is 20.2. The van der Waals surface area contributed by atoms with Crippen molar-refractivity contribution in [1.29, 1.82) is 0 Å². The van der Waals surface area contributed by atoms with Gasteiger partial charge >= 0.3 is 10.4 Å². The summed E-state index contributed by atoms with van der Waals surface area (Å²) >= 11 is 0. The van der Waals surface area contributed by atoms with Gasteiger partial charge < -0.3 is 10.2 Å². The first-order valence-electron chi connectivity index (χ1n) is 12.4. The van der Waals surface area contributed by atoms with Crippen molar-refractivity contribution in [3.8, 4) is 0 Å². The third-order valence-corrected chi connectivity index (χ3v) is 10.9. The molecule has 0 aliphatic heterocycles. The Balaban J connectivity index is 1.45. The highest BCUT2D eigenvalue weighted by atomic mass is 32.3. The fourth-order valence-corrected chi connectivity index (χ4v) is 9.27. The normalized spacial score (nSPS) is 48.5. The van der Waals surface area contributed by atoms with E-state index >= 15 is 0 Å². The first-order chi connectivity index (χ1) is 14.5. The maximum absolute atomic E-state index is 11.3. The summed E-state index contributed by atoms with van der Waals surface area (Å²) in [6.45, 7) is 7.20. The Morgan fingerprint density at radius 1 is 1.00 bits per heavy atom. The van der Waals surface area contributed by atoms with Crippen LogP contribution >= 0.6 is 0 Å². The van der Waals surface area contributed by atoms with Crippen LogP contribution in [0.2, 0.25) is 0 Å². The number of hydrogen-bond acceptors (Lipinski definition) is 5. The number of hydrogen-bond donors (Lipinski definition) is 3. The number of rotatable bonds is 6. The highest BCUT2D eigenvalue weighted by Crippen LogP contribution is 2.68. The van der Waals surface area contributed by atoms with Gasteiger partial charge in [0, 0.05) is 0 Å². The smallest absolute Gasteiger partial charge is 0.393 e. The molecule has 0 saturated heterocycles. The molecule has 0 aromatic rings. The van der Waals surface area contributed by atoms with Crippen LogP contribution in [0, 0.1) is 46.3 Å². The van der Waals surface area contributed by atoms with Crippen molar-refractivity contribution in [3.05, 3.63) is 0 Å². The molecule has 7 heteroatoms. The predicted octanol–water partition coefficient (Wildman–Crippen LogP) is 4.21. The molecule has 0 bridgehead atoms. The molecule has 0 unspecified atom stereocenters. The Morgan fingerprint density at radius 2 is 1.68 bits per heavy atom. The van der Waals surface area contributed by atoms with Gasteiger partial charge in [0.1, 0.15) is 0 Å². The van der Waals surface area contributed by atoms with E-state index in [1.807, 2.05) is 0 Å². The third kappa shape index (κ3) is 4.34. The van der Waals surface area contributed by atoms with Gasteiger partial charge in [0.25, 0.3) is 0 Å². The molecule has 0 radical (unpaired) electrons. The molecule has 4 fully saturated rings. The summed E-state index contributed by atoms with van der Waals surface area (Å²) < 4.78 is 34.8. The Hall–Kier alpha value is -0.210. The van der Waals surface area contributed by atoms with Crippen LogP contribution in [0.1, 0.15) is 85.0 Å². The van der Waals surface area contributed by atoms with Gasteiger partial charge in [-0.25, -0.2) is 4.18 Å². The van der Waals surface area contributed by atoms with Gasteiger partial charge in [-0.15, -0.1) is 0 Å². The number of aliphatic hydroxyl groups is 2. The molecule has 0 spiro atoms. The monoisotopic (exact) mass is 458 g/mol. The van der Waals surface area contributed by atoms with Crippen molar-refractivity contribution in [3.63, 3.8) is 0 Å². The Morgan fingerprint density at radius 3 is 2.39 bits per heavy atom. The van der Waals surface area contributed by atoms with Crippen LogP contribution in [0.5, 0.6) is 0 Å². The van der Waals surface area contributed by atoms with Crippen LogP contribution in [-0.2, 0) is 14.6 Å². The van der Waals surface area contributed by atoms with Gasteiger partial charge in [0.15, 0.2) is 0 Å². The predicted molar refractivity (Wildman–Crippen MR) is 119 cm³/mol. The molecule has 6 nitrogen and oxygen atoms in total. The minimum atomic E-state index is -4.35. The summed E-state index contributed by atoms with van der Waals surface area (Å²) in [5, 5.41) is 21.5. The SMILES string of the molecule is C[C@H](CCCOS(=O)(=O)O)[C@H]1CC[C@H]2[C@@H]3[C@H](O)C[C@@H]4C[C@@H](O)CC[C@]4(C)[C@H]3CC[C@]12C. The first kappa shape index (κ1) is 23.9. The van der Waals surface area contributed by atoms with Crippen molar-refractivity contribution in [1.82, 2.24) is 0 Å². The van der Waals surface area contributed by atoms with Gasteiger partial charge in [-0.1, -0.05) is 20.8 Å². The quantitative estimate of drug-likeness (QED) is 0.407. The fourth-order valence-electron chi connectivity index (χ4n) is 8.95. The maximum Gasteiger partial charge on any atom is 0.397 e. The first-order valence-corrected chi connectivity index (χ1v) is 13.8. The Labute approximate surface area is 188 Å². The lowest BCUT2D eigenvalue weighted by molar-refractivity contribution is -0.174. The highest BCUT2D eigenvalue weighted by Gasteiger charge is 2.62. The fraction of sp³-hybridized carbons (Fsp3) is 1.00. The van der Waals surface area contributed by atoms with Crippen molar-refractivity contribution in [2.45, 2.75) is 97.2 Å². The lowest BCUT2D eigenvalue weighted by atomic mass is 9.43. The largest absolute Gasteiger partial charge is 0.397 e. The van der Waals surface area contributed by atoms with Crippen molar-refractivity contribution in [2.24, 2.45) is 46.3 Å². The van der Waals surface area contributed by atoms with Crippen molar-refractivity contribution in [2.75, 3.05) is 6.61 Å². The zero-order valence-electron chi connectivity index (χ0n) is 19.4. The van der Waals surface area contributed by atoms with Crippen LogP contribution in [-0.4, -0.2) is 42.0 Å². The maximum atomic E-state index is 11.3. The lowest BCUT2D eigenvalue weighted by Gasteiger charge is -2.62. The summed E-state index contributed by atoms with van der Waals surface area (Å²) in [5.41, 5.74) is 0.476. The third-order valence-electron chi connectivity index (χ3n) is 10.5. The molecule has 3 N–H and O–H groups in total. The molecule has 4 aliphatic carbocycles. The van der Waals surface area contributed by atoms with E-state index < -0.39 is 10.4 Å². The summed E-state index contributed by atoms with van der Waals surface area (Å²) in [5.74, 6) is 2.96. The molecule has 10 atom stereocenters. The summed E-state index contributed by atoms with van der Waals surface area (Å²) in [6, 6.07) is 0. The second kappa shape index (κ2) is 8.53. The van der Waals surface area contributed by atoms with E-state index in [4.69, 9.17) is 4.55 Å². The standard InChI is InChI=1S/C24H42O6S/c1-15(5-4-12-30-31(27,28)29)18-6-7-19-22-20(9-11-24(18,19)3)23(2)10-8-17(25)13-16(23)14-21(22)26/h15-22,25-26H,4-14H2,1-3H3,(H,27,28,29)/t15-,16+,17+,18-,19+,20+,21-,22+,23+,24-/m1/s1. The summed E-state index contributed by atoms with van der Waals surface area (Å²) in [6.07, 6.45) is 9.46. The van der Waals surface area contributed by atoms with E-state index in [1.54, 1.807) is 0 Å².